The molecule has 0 saturated carbocycles. The van der Waals surface area contributed by atoms with Crippen molar-refractivity contribution in [2.24, 2.45) is 0 Å². The fourth-order valence-electron chi connectivity index (χ4n) is 5.26. The molecule has 1 aliphatic rings. The number of nitrogens with one attached hydrogen (secondary N) is 2. The van der Waals surface area contributed by atoms with E-state index >= 15 is 0 Å². The minimum absolute atomic E-state index is 0.153. The molecule has 2 N–H and O–H groups in total. The molecule has 5 aromatic rings. The number of carbonyl (C=O) groups is 1. The molecule has 1 aliphatic heterocycles. The van der Waals surface area contributed by atoms with Crippen LogP contribution in [0.2, 0.25) is 0 Å². The molecule has 0 aliphatic carbocycles. The van der Waals surface area contributed by atoms with E-state index in [4.69, 9.17) is 4.98 Å². The zero-order valence-corrected chi connectivity index (χ0v) is 25.3. The van der Waals surface area contributed by atoms with Crippen LogP contribution in [0.1, 0.15) is 27.0 Å². The molecule has 0 unspecified atom stereocenters. The highest BCUT2D eigenvalue weighted by Crippen LogP contribution is 2.27. The summed E-state index contributed by atoms with van der Waals surface area (Å²) in [4.78, 5) is 36.0. The van der Waals surface area contributed by atoms with Crippen LogP contribution in [-0.4, -0.2) is 68.9 Å². The van der Waals surface area contributed by atoms with E-state index in [9.17, 15) is 4.79 Å². The van der Waals surface area contributed by atoms with Crippen molar-refractivity contribution in [3.05, 3.63) is 114 Å². The normalized spacial score (nSPS) is 13.9. The second-order valence-electron chi connectivity index (χ2n) is 11.3. The number of amides is 1. The van der Waals surface area contributed by atoms with Crippen LogP contribution >= 0.6 is 0 Å². The number of nitrogens with zero attached hydrogens (tertiary/aromatic N) is 6. The van der Waals surface area contributed by atoms with E-state index in [1.54, 1.807) is 18.6 Å². The highest BCUT2D eigenvalue weighted by atomic mass is 16.1. The van der Waals surface area contributed by atoms with Gasteiger partial charge in [-0.1, -0.05) is 24.3 Å². The van der Waals surface area contributed by atoms with Crippen molar-refractivity contribution >= 4 is 23.2 Å². The molecule has 0 radical (unpaired) electrons. The summed E-state index contributed by atoms with van der Waals surface area (Å²) in [6.07, 6.45) is 7.10. The monoisotopic (exact) mass is 584 g/mol. The van der Waals surface area contributed by atoms with Gasteiger partial charge in [-0.05, 0) is 80.1 Å². The molecule has 0 atom stereocenters. The Labute approximate surface area is 258 Å². The van der Waals surface area contributed by atoms with Gasteiger partial charge in [0.1, 0.15) is 0 Å². The number of likely N-dealkylation sites (N-methyl/N-ethyl adjacent to an activating group) is 1. The number of pyridine rings is 2. The summed E-state index contributed by atoms with van der Waals surface area (Å²) in [5.41, 5.74) is 8.83. The van der Waals surface area contributed by atoms with Crippen LogP contribution in [-0.2, 0) is 6.54 Å². The van der Waals surface area contributed by atoms with Gasteiger partial charge in [0.2, 0.25) is 5.95 Å². The maximum atomic E-state index is 13.1. The maximum absolute atomic E-state index is 13.1. The van der Waals surface area contributed by atoms with E-state index < -0.39 is 0 Å². The van der Waals surface area contributed by atoms with Gasteiger partial charge in [0.25, 0.3) is 5.91 Å². The molecular weight excluding hydrogens is 548 g/mol. The Hall–Kier alpha value is -4.99. The predicted molar refractivity (Wildman–Crippen MR) is 175 cm³/mol. The van der Waals surface area contributed by atoms with Crippen molar-refractivity contribution in [2.45, 2.75) is 20.4 Å². The first-order valence-electron chi connectivity index (χ1n) is 14.8. The first-order chi connectivity index (χ1) is 21.4. The number of hydrogen-bond acceptors (Lipinski definition) is 8. The standard InChI is InChI=1S/C35H36N8O/c1-24-6-11-30(39-34(44)27-9-7-26(8-10-27)23-43-17-15-42(3)16-18-43)20-32(24)41-35-38-14-12-31(40-35)28-19-29(22-36-21-28)33-25(2)5-4-13-37-33/h4-14,19-22H,15-18,23H2,1-3H3,(H,39,44)(H,38,40,41). The third-order valence-electron chi connectivity index (χ3n) is 7.93. The summed E-state index contributed by atoms with van der Waals surface area (Å²) < 4.78 is 0. The highest BCUT2D eigenvalue weighted by Gasteiger charge is 2.15. The Bertz CT molecular complexity index is 1760. The van der Waals surface area contributed by atoms with E-state index in [0.717, 1.165) is 72.1 Å². The van der Waals surface area contributed by atoms with Crippen LogP contribution in [0.15, 0.2) is 91.5 Å². The molecule has 9 heteroatoms. The minimum Gasteiger partial charge on any atom is -0.324 e. The fourth-order valence-corrected chi connectivity index (χ4v) is 5.26. The molecule has 1 saturated heterocycles. The summed E-state index contributed by atoms with van der Waals surface area (Å²) in [5.74, 6) is 0.296. The van der Waals surface area contributed by atoms with E-state index in [1.165, 1.54) is 5.56 Å². The second kappa shape index (κ2) is 13.1. The molecule has 6 rings (SSSR count). The number of benzene rings is 2. The summed E-state index contributed by atoms with van der Waals surface area (Å²) >= 11 is 0. The zero-order chi connectivity index (χ0) is 30.5. The molecule has 44 heavy (non-hydrogen) atoms. The van der Waals surface area contributed by atoms with Crippen molar-refractivity contribution in [3.8, 4) is 22.5 Å². The van der Waals surface area contributed by atoms with Crippen LogP contribution in [0, 0.1) is 13.8 Å². The van der Waals surface area contributed by atoms with Crippen LogP contribution in [0.4, 0.5) is 17.3 Å². The number of rotatable bonds is 8. The van der Waals surface area contributed by atoms with Gasteiger partial charge in [0, 0.05) is 85.6 Å². The second-order valence-corrected chi connectivity index (χ2v) is 11.3. The van der Waals surface area contributed by atoms with Crippen molar-refractivity contribution < 1.29 is 4.79 Å². The summed E-state index contributed by atoms with van der Waals surface area (Å²) in [7, 11) is 2.16. The average Bonchev–Trinajstić information content (AvgIpc) is 3.04. The number of aryl methyl sites for hydroxylation is 2. The molecular formula is C35H36N8O. The molecule has 3 aromatic heterocycles. The molecule has 2 aromatic carbocycles. The lowest BCUT2D eigenvalue weighted by Gasteiger charge is -2.32. The topological polar surface area (TPSA) is 99.2 Å². The highest BCUT2D eigenvalue weighted by molar-refractivity contribution is 6.04. The third-order valence-corrected chi connectivity index (χ3v) is 7.93. The molecule has 1 fully saturated rings. The number of carbonyl (C=O) groups excluding carboxylic acids is 1. The minimum atomic E-state index is -0.153. The van der Waals surface area contributed by atoms with Crippen LogP contribution in [0.25, 0.3) is 22.5 Å². The Balaban J connectivity index is 1.13. The quantitative estimate of drug-likeness (QED) is 0.231. The predicted octanol–water partition coefficient (Wildman–Crippen LogP) is 5.96. The van der Waals surface area contributed by atoms with E-state index in [2.05, 4.69) is 42.4 Å². The van der Waals surface area contributed by atoms with Gasteiger partial charge in [-0.25, -0.2) is 9.97 Å². The summed E-state index contributed by atoms with van der Waals surface area (Å²) in [5, 5.41) is 6.36. The smallest absolute Gasteiger partial charge is 0.255 e. The van der Waals surface area contributed by atoms with Gasteiger partial charge in [-0.2, -0.15) is 0 Å². The number of hydrogen-bond donors (Lipinski definition) is 2. The van der Waals surface area contributed by atoms with Gasteiger partial charge in [0.15, 0.2) is 0 Å². The Morgan fingerprint density at radius 3 is 2.43 bits per heavy atom. The lowest BCUT2D eigenvalue weighted by molar-refractivity contribution is 0.102. The Kier molecular flexibility index (Phi) is 8.67. The summed E-state index contributed by atoms with van der Waals surface area (Å²) in [6.45, 7) is 9.23. The first kappa shape index (κ1) is 29.1. The van der Waals surface area contributed by atoms with E-state index in [1.807, 2.05) is 86.8 Å². The van der Waals surface area contributed by atoms with Crippen molar-refractivity contribution in [3.63, 3.8) is 0 Å². The van der Waals surface area contributed by atoms with Crippen molar-refractivity contribution in [2.75, 3.05) is 43.9 Å². The lowest BCUT2D eigenvalue weighted by atomic mass is 10.1. The third kappa shape index (κ3) is 6.96. The molecule has 4 heterocycles. The largest absolute Gasteiger partial charge is 0.324 e. The van der Waals surface area contributed by atoms with Crippen molar-refractivity contribution in [1.82, 2.24) is 29.7 Å². The lowest BCUT2D eigenvalue weighted by Crippen LogP contribution is -2.43. The van der Waals surface area contributed by atoms with Crippen LogP contribution in [0.5, 0.6) is 0 Å². The fraction of sp³-hybridized carbons (Fsp3) is 0.229. The van der Waals surface area contributed by atoms with E-state index in [-0.39, 0.29) is 5.91 Å². The van der Waals surface area contributed by atoms with Gasteiger partial charge in [-0.15, -0.1) is 0 Å². The van der Waals surface area contributed by atoms with Crippen molar-refractivity contribution in [1.29, 1.82) is 0 Å². The number of piperazine rings is 1. The molecule has 9 nitrogen and oxygen atoms in total. The number of anilines is 3. The number of aromatic nitrogens is 4. The molecule has 0 bridgehead atoms. The first-order valence-corrected chi connectivity index (χ1v) is 14.8. The average molecular weight is 585 g/mol. The Morgan fingerprint density at radius 2 is 1.64 bits per heavy atom. The molecule has 1 amide bonds. The van der Waals surface area contributed by atoms with Crippen LogP contribution in [0.3, 0.4) is 0 Å². The van der Waals surface area contributed by atoms with Gasteiger partial charge >= 0.3 is 0 Å². The van der Waals surface area contributed by atoms with Gasteiger partial charge < -0.3 is 15.5 Å². The molecule has 0 spiro atoms. The summed E-state index contributed by atoms with van der Waals surface area (Å²) in [6, 6.07) is 21.5. The van der Waals surface area contributed by atoms with Crippen LogP contribution < -0.4 is 10.6 Å². The zero-order valence-electron chi connectivity index (χ0n) is 25.3. The maximum Gasteiger partial charge on any atom is 0.255 e. The molecule has 222 valence electrons. The Morgan fingerprint density at radius 1 is 0.841 bits per heavy atom. The van der Waals surface area contributed by atoms with Gasteiger partial charge in [-0.3, -0.25) is 19.7 Å². The van der Waals surface area contributed by atoms with E-state index in [0.29, 0.717) is 17.2 Å². The van der Waals surface area contributed by atoms with Gasteiger partial charge in [0.05, 0.1) is 11.4 Å². The SMILES string of the molecule is Cc1ccc(NC(=O)c2ccc(CN3CCN(C)CC3)cc2)cc1Nc1nccc(-c2cncc(-c3ncccc3C)c2)n1.